The smallest absolute Gasteiger partial charge is 0.354 e. The Bertz CT molecular complexity index is 535. The monoisotopic (exact) mass is 248 g/mol. The van der Waals surface area contributed by atoms with Gasteiger partial charge in [-0.15, -0.1) is 0 Å². The molecule has 0 fully saturated rings. The fraction of sp³-hybridized carbons (Fsp3) is 0.385. The molecular formula is C13H16N2O3. The predicted molar refractivity (Wildman–Crippen MR) is 65.5 cm³/mol. The summed E-state index contributed by atoms with van der Waals surface area (Å²) in [6.07, 6.45) is 1.81. The molecule has 0 aromatic carbocycles. The number of carbonyl (C=O) groups excluding carboxylic acids is 1. The van der Waals surface area contributed by atoms with Crippen molar-refractivity contribution in [3.05, 3.63) is 41.4 Å². The lowest BCUT2D eigenvalue weighted by molar-refractivity contribution is 0.0514. The number of aryl methyl sites for hydroxylation is 2. The maximum atomic E-state index is 11.7. The number of oxazole rings is 1. The number of nitrogens with zero attached hydrogens (tertiary/aromatic N) is 2. The topological polar surface area (TPSA) is 57.3 Å². The minimum absolute atomic E-state index is 0.331. The maximum Gasteiger partial charge on any atom is 0.354 e. The lowest BCUT2D eigenvalue weighted by Crippen LogP contribution is -2.12. The van der Waals surface area contributed by atoms with Gasteiger partial charge in [0.15, 0.2) is 0 Å². The largest absolute Gasteiger partial charge is 0.461 e. The average Bonchev–Trinajstić information content (AvgIpc) is 2.88. The van der Waals surface area contributed by atoms with Crippen molar-refractivity contribution in [3.8, 4) is 0 Å². The molecule has 0 aliphatic heterocycles. The Kier molecular flexibility index (Phi) is 3.50. The molecule has 18 heavy (non-hydrogen) atoms. The van der Waals surface area contributed by atoms with Crippen molar-refractivity contribution in [2.75, 3.05) is 6.61 Å². The zero-order chi connectivity index (χ0) is 13.1. The highest BCUT2D eigenvalue weighted by atomic mass is 16.5. The molecule has 0 saturated carbocycles. The van der Waals surface area contributed by atoms with Gasteiger partial charge < -0.3 is 13.7 Å². The van der Waals surface area contributed by atoms with E-state index in [4.69, 9.17) is 9.15 Å². The fourth-order valence-electron chi connectivity index (χ4n) is 1.69. The molecule has 2 heterocycles. The number of aromatic nitrogens is 2. The number of hydrogen-bond donors (Lipinski definition) is 0. The summed E-state index contributed by atoms with van der Waals surface area (Å²) < 4.78 is 12.2. The molecular weight excluding hydrogens is 232 g/mol. The molecule has 0 saturated heterocycles. The van der Waals surface area contributed by atoms with Crippen molar-refractivity contribution in [2.45, 2.75) is 27.3 Å². The van der Waals surface area contributed by atoms with Crippen LogP contribution in [0.15, 0.2) is 22.7 Å². The normalized spacial score (nSPS) is 10.6. The minimum atomic E-state index is -0.331. The zero-order valence-corrected chi connectivity index (χ0v) is 10.8. The third-order valence-corrected chi connectivity index (χ3v) is 2.69. The standard InChI is InChI=1S/C13H16N2O3/c1-4-17-13(16)11-6-5-7-15(11)8-12-14-9(2)10(3)18-12/h5-7H,4,8H2,1-3H3. The van der Waals surface area contributed by atoms with Gasteiger partial charge in [-0.3, -0.25) is 0 Å². The van der Waals surface area contributed by atoms with Crippen LogP contribution in [0.5, 0.6) is 0 Å². The highest BCUT2D eigenvalue weighted by Crippen LogP contribution is 2.12. The van der Waals surface area contributed by atoms with Crippen LogP contribution in [0.4, 0.5) is 0 Å². The molecule has 0 N–H and O–H groups in total. The van der Waals surface area contributed by atoms with E-state index < -0.39 is 0 Å². The Morgan fingerprint density at radius 1 is 1.50 bits per heavy atom. The van der Waals surface area contributed by atoms with Crippen molar-refractivity contribution in [2.24, 2.45) is 0 Å². The summed E-state index contributed by atoms with van der Waals surface area (Å²) in [5.74, 6) is 1.06. The van der Waals surface area contributed by atoms with Crippen molar-refractivity contribution in [1.29, 1.82) is 0 Å². The molecule has 2 aromatic rings. The number of carbonyl (C=O) groups is 1. The summed E-state index contributed by atoms with van der Waals surface area (Å²) in [5.41, 5.74) is 1.38. The van der Waals surface area contributed by atoms with Gasteiger partial charge in [-0.05, 0) is 32.9 Å². The molecule has 0 bridgehead atoms. The molecule has 0 atom stereocenters. The third kappa shape index (κ3) is 2.45. The summed E-state index contributed by atoms with van der Waals surface area (Å²) in [4.78, 5) is 16.0. The second-order valence-corrected chi connectivity index (χ2v) is 3.99. The van der Waals surface area contributed by atoms with Crippen molar-refractivity contribution in [3.63, 3.8) is 0 Å². The van der Waals surface area contributed by atoms with Crippen LogP contribution in [-0.4, -0.2) is 22.1 Å². The first-order chi connectivity index (χ1) is 8.61. The predicted octanol–water partition coefficient (Wildman–Crippen LogP) is 2.32. The summed E-state index contributed by atoms with van der Waals surface area (Å²) in [7, 11) is 0. The van der Waals surface area contributed by atoms with E-state index in [9.17, 15) is 4.79 Å². The number of hydrogen-bond acceptors (Lipinski definition) is 4. The van der Waals surface area contributed by atoms with E-state index in [1.807, 2.05) is 13.8 Å². The van der Waals surface area contributed by atoms with Gasteiger partial charge in [0.1, 0.15) is 11.5 Å². The highest BCUT2D eigenvalue weighted by Gasteiger charge is 2.14. The van der Waals surface area contributed by atoms with E-state index in [1.165, 1.54) is 0 Å². The third-order valence-electron chi connectivity index (χ3n) is 2.69. The SMILES string of the molecule is CCOC(=O)c1cccn1Cc1nc(C)c(C)o1. The summed E-state index contributed by atoms with van der Waals surface area (Å²) in [6, 6.07) is 3.52. The molecule has 2 aromatic heterocycles. The van der Waals surface area contributed by atoms with Crippen LogP contribution in [-0.2, 0) is 11.3 Å². The van der Waals surface area contributed by atoms with Crippen LogP contribution in [0.1, 0.15) is 34.8 Å². The van der Waals surface area contributed by atoms with Gasteiger partial charge in [-0.25, -0.2) is 9.78 Å². The molecule has 0 radical (unpaired) electrons. The Balaban J connectivity index is 2.19. The van der Waals surface area contributed by atoms with Gasteiger partial charge in [0, 0.05) is 6.20 Å². The first kappa shape index (κ1) is 12.4. The number of esters is 1. The zero-order valence-electron chi connectivity index (χ0n) is 10.8. The molecule has 96 valence electrons. The van der Waals surface area contributed by atoms with Crippen LogP contribution < -0.4 is 0 Å². The summed E-state index contributed by atoms with van der Waals surface area (Å²) in [6.45, 7) is 6.33. The first-order valence-electron chi connectivity index (χ1n) is 5.87. The molecule has 5 heteroatoms. The molecule has 0 aliphatic carbocycles. The van der Waals surface area contributed by atoms with Crippen molar-refractivity contribution < 1.29 is 13.9 Å². The van der Waals surface area contributed by atoms with Gasteiger partial charge in [-0.2, -0.15) is 0 Å². The molecule has 5 nitrogen and oxygen atoms in total. The average molecular weight is 248 g/mol. The van der Waals surface area contributed by atoms with E-state index in [0.717, 1.165) is 11.5 Å². The molecule has 0 unspecified atom stereocenters. The fourth-order valence-corrected chi connectivity index (χ4v) is 1.69. The van der Waals surface area contributed by atoms with Crippen molar-refractivity contribution >= 4 is 5.97 Å². The highest BCUT2D eigenvalue weighted by molar-refractivity contribution is 5.87. The quantitative estimate of drug-likeness (QED) is 0.779. The second kappa shape index (κ2) is 5.08. The van der Waals surface area contributed by atoms with E-state index >= 15 is 0 Å². The first-order valence-corrected chi connectivity index (χ1v) is 5.87. The summed E-state index contributed by atoms with van der Waals surface area (Å²) in [5, 5.41) is 0. The molecule has 2 rings (SSSR count). The minimum Gasteiger partial charge on any atom is -0.461 e. The lowest BCUT2D eigenvalue weighted by Gasteiger charge is -2.05. The number of ether oxygens (including phenoxy) is 1. The van der Waals surface area contributed by atoms with Crippen LogP contribution in [0.3, 0.4) is 0 Å². The lowest BCUT2D eigenvalue weighted by atomic mass is 10.4. The summed E-state index contributed by atoms with van der Waals surface area (Å²) >= 11 is 0. The van der Waals surface area contributed by atoms with E-state index in [1.54, 1.807) is 29.8 Å². The Morgan fingerprint density at radius 3 is 2.89 bits per heavy atom. The van der Waals surface area contributed by atoms with E-state index in [2.05, 4.69) is 4.98 Å². The Morgan fingerprint density at radius 2 is 2.28 bits per heavy atom. The van der Waals surface area contributed by atoms with Crippen LogP contribution >= 0.6 is 0 Å². The van der Waals surface area contributed by atoms with Crippen molar-refractivity contribution in [1.82, 2.24) is 9.55 Å². The van der Waals surface area contributed by atoms with Gasteiger partial charge >= 0.3 is 5.97 Å². The van der Waals surface area contributed by atoms with Gasteiger partial charge in [0.05, 0.1) is 18.8 Å². The molecule has 0 amide bonds. The Labute approximate surface area is 105 Å². The number of rotatable bonds is 4. The van der Waals surface area contributed by atoms with Crippen LogP contribution in [0.2, 0.25) is 0 Å². The second-order valence-electron chi connectivity index (χ2n) is 3.99. The Hall–Kier alpha value is -2.04. The van der Waals surface area contributed by atoms with E-state index in [-0.39, 0.29) is 5.97 Å². The van der Waals surface area contributed by atoms with E-state index in [0.29, 0.717) is 24.7 Å². The van der Waals surface area contributed by atoms with Crippen LogP contribution in [0.25, 0.3) is 0 Å². The van der Waals surface area contributed by atoms with Gasteiger partial charge in [0.25, 0.3) is 0 Å². The van der Waals surface area contributed by atoms with Crippen LogP contribution in [0, 0.1) is 13.8 Å². The van der Waals surface area contributed by atoms with Gasteiger partial charge in [0.2, 0.25) is 5.89 Å². The molecule has 0 aliphatic rings. The maximum absolute atomic E-state index is 11.7. The van der Waals surface area contributed by atoms with Gasteiger partial charge in [-0.1, -0.05) is 0 Å². The molecule has 0 spiro atoms.